The summed E-state index contributed by atoms with van der Waals surface area (Å²) in [4.78, 5) is 26.9. The maximum absolute atomic E-state index is 13.1. The monoisotopic (exact) mass is 508 g/mol. The number of amides is 2. The van der Waals surface area contributed by atoms with Gasteiger partial charge in [-0.05, 0) is 62.6 Å². The molecule has 0 saturated carbocycles. The lowest BCUT2D eigenvalue weighted by molar-refractivity contribution is 0.0442. The molecule has 6 nitrogen and oxygen atoms in total. The molecule has 2 aromatic rings. The van der Waals surface area contributed by atoms with E-state index in [4.69, 9.17) is 32.7 Å². The lowest BCUT2D eigenvalue weighted by Gasteiger charge is -2.26. The minimum atomic E-state index is -0.607. The largest absolute Gasteiger partial charge is 0.447 e. The van der Waals surface area contributed by atoms with Gasteiger partial charge < -0.3 is 14.8 Å². The molecule has 0 radical (unpaired) electrons. The number of hydrogen-bond donors (Lipinski definition) is 1. The number of carbonyl (C=O) groups excluding carboxylic acids is 2. The van der Waals surface area contributed by atoms with Crippen LogP contribution in [0.25, 0.3) is 0 Å². The molecule has 1 atom stereocenters. The highest BCUT2D eigenvalue weighted by Gasteiger charge is 2.22. The molecule has 2 rings (SSSR count). The topological polar surface area (TPSA) is 67.9 Å². The van der Waals surface area contributed by atoms with Crippen molar-refractivity contribution in [1.82, 2.24) is 10.2 Å². The van der Waals surface area contributed by atoms with Crippen LogP contribution in [0.3, 0.4) is 0 Å². The molecule has 0 aliphatic rings. The summed E-state index contributed by atoms with van der Waals surface area (Å²) in [6, 6.07) is 14.3. The summed E-state index contributed by atoms with van der Waals surface area (Å²) in [5.74, 6) is 0. The Morgan fingerprint density at radius 3 is 1.88 bits per heavy atom. The minimum absolute atomic E-state index is 0.0514. The Bertz CT molecular complexity index is 864. The molecular weight excluding hydrogens is 475 g/mol. The van der Waals surface area contributed by atoms with Crippen LogP contribution in [0.2, 0.25) is 10.0 Å². The summed E-state index contributed by atoms with van der Waals surface area (Å²) in [6.07, 6.45) is 1.52. The van der Waals surface area contributed by atoms with E-state index >= 15 is 0 Å². The zero-order valence-corrected chi connectivity index (χ0v) is 21.8. The Labute approximate surface area is 212 Å². The summed E-state index contributed by atoms with van der Waals surface area (Å²) < 4.78 is 11.0. The highest BCUT2D eigenvalue weighted by atomic mass is 35.5. The molecular formula is C26H34Cl2N2O4. The molecule has 0 spiro atoms. The number of carbonyl (C=O) groups is 2. The van der Waals surface area contributed by atoms with E-state index in [9.17, 15) is 9.59 Å². The number of nitrogens with one attached hydrogen (secondary N) is 1. The fraction of sp³-hybridized carbons (Fsp3) is 0.462. The minimum Gasteiger partial charge on any atom is -0.447 e. The van der Waals surface area contributed by atoms with E-state index in [-0.39, 0.29) is 12.6 Å². The van der Waals surface area contributed by atoms with Crippen LogP contribution < -0.4 is 5.32 Å². The second-order valence-corrected chi connectivity index (χ2v) is 10.0. The van der Waals surface area contributed by atoms with E-state index in [2.05, 4.69) is 12.2 Å². The molecule has 0 heterocycles. The average molecular weight is 509 g/mol. The first-order chi connectivity index (χ1) is 16.1. The van der Waals surface area contributed by atoms with Crippen molar-refractivity contribution in [2.24, 2.45) is 0 Å². The Balaban J connectivity index is 2.08. The summed E-state index contributed by atoms with van der Waals surface area (Å²) >= 11 is 12.0. The molecule has 0 aromatic heterocycles. The van der Waals surface area contributed by atoms with Crippen LogP contribution in [0, 0.1) is 0 Å². The van der Waals surface area contributed by atoms with E-state index in [0.29, 0.717) is 29.6 Å². The van der Waals surface area contributed by atoms with Gasteiger partial charge in [-0.25, -0.2) is 9.59 Å². The number of ether oxygens (including phenoxy) is 2. The van der Waals surface area contributed by atoms with Gasteiger partial charge in [0.15, 0.2) is 0 Å². The van der Waals surface area contributed by atoms with E-state index in [1.807, 2.05) is 24.3 Å². The molecule has 186 valence electrons. The van der Waals surface area contributed by atoms with Crippen molar-refractivity contribution in [2.45, 2.75) is 71.7 Å². The van der Waals surface area contributed by atoms with Crippen LogP contribution in [-0.4, -0.2) is 35.3 Å². The molecule has 0 aliphatic heterocycles. The van der Waals surface area contributed by atoms with Gasteiger partial charge in [0, 0.05) is 23.1 Å². The van der Waals surface area contributed by atoms with E-state index < -0.39 is 17.8 Å². The predicted molar refractivity (Wildman–Crippen MR) is 136 cm³/mol. The van der Waals surface area contributed by atoms with Crippen molar-refractivity contribution in [2.75, 3.05) is 6.61 Å². The molecule has 0 saturated heterocycles. The van der Waals surface area contributed by atoms with Gasteiger partial charge in [0.2, 0.25) is 0 Å². The van der Waals surface area contributed by atoms with E-state index in [1.165, 1.54) is 0 Å². The number of nitrogens with zero attached hydrogens (tertiary/aromatic N) is 1. The number of hydrogen-bond acceptors (Lipinski definition) is 4. The third kappa shape index (κ3) is 10.7. The molecule has 2 amide bonds. The molecule has 0 bridgehead atoms. The smallest absolute Gasteiger partial charge is 0.410 e. The van der Waals surface area contributed by atoms with Gasteiger partial charge in [-0.3, -0.25) is 4.90 Å². The first-order valence-corrected chi connectivity index (χ1v) is 12.2. The third-order valence-corrected chi connectivity index (χ3v) is 5.37. The Hall–Kier alpha value is -2.44. The lowest BCUT2D eigenvalue weighted by atomic mass is 10.1. The van der Waals surface area contributed by atoms with Crippen molar-refractivity contribution in [1.29, 1.82) is 0 Å². The molecule has 34 heavy (non-hydrogen) atoms. The summed E-state index contributed by atoms with van der Waals surface area (Å²) in [7, 11) is 0. The van der Waals surface area contributed by atoms with Gasteiger partial charge in [-0.15, -0.1) is 0 Å². The van der Waals surface area contributed by atoms with Crippen molar-refractivity contribution in [3.8, 4) is 0 Å². The zero-order chi connectivity index (χ0) is 25.1. The Kier molecular flexibility index (Phi) is 11.0. The van der Waals surface area contributed by atoms with Gasteiger partial charge >= 0.3 is 12.2 Å². The maximum Gasteiger partial charge on any atom is 0.410 e. The second kappa shape index (κ2) is 13.4. The molecule has 8 heteroatoms. The van der Waals surface area contributed by atoms with Gasteiger partial charge in [0.05, 0.1) is 6.04 Å². The van der Waals surface area contributed by atoms with Gasteiger partial charge in [0.25, 0.3) is 0 Å². The van der Waals surface area contributed by atoms with Crippen LogP contribution in [0.15, 0.2) is 48.5 Å². The number of benzene rings is 2. The van der Waals surface area contributed by atoms with Crippen LogP contribution >= 0.6 is 23.2 Å². The second-order valence-electron chi connectivity index (χ2n) is 9.17. The zero-order valence-electron chi connectivity index (χ0n) is 20.3. The summed E-state index contributed by atoms with van der Waals surface area (Å²) in [5.41, 5.74) is 1.23. The average Bonchev–Trinajstić information content (AvgIpc) is 2.76. The summed E-state index contributed by atoms with van der Waals surface area (Å²) in [5, 5.41) is 4.08. The Morgan fingerprint density at radius 2 is 1.44 bits per heavy atom. The highest BCUT2D eigenvalue weighted by molar-refractivity contribution is 6.30. The van der Waals surface area contributed by atoms with Gasteiger partial charge in [-0.2, -0.15) is 0 Å². The van der Waals surface area contributed by atoms with Crippen LogP contribution in [-0.2, 0) is 22.6 Å². The maximum atomic E-state index is 13.1. The normalized spacial score (nSPS) is 12.1. The fourth-order valence-corrected chi connectivity index (χ4v) is 3.44. The quantitative estimate of drug-likeness (QED) is 0.367. The van der Waals surface area contributed by atoms with Crippen molar-refractivity contribution < 1.29 is 19.1 Å². The van der Waals surface area contributed by atoms with Gasteiger partial charge in [-0.1, -0.05) is 67.2 Å². The van der Waals surface area contributed by atoms with Crippen molar-refractivity contribution in [3.05, 3.63) is 69.7 Å². The molecule has 1 unspecified atom stereocenters. The van der Waals surface area contributed by atoms with Crippen LogP contribution in [0.5, 0.6) is 0 Å². The van der Waals surface area contributed by atoms with Crippen molar-refractivity contribution in [3.63, 3.8) is 0 Å². The first-order valence-electron chi connectivity index (χ1n) is 11.5. The molecule has 1 N–H and O–H groups in total. The lowest BCUT2D eigenvalue weighted by Crippen LogP contribution is -2.43. The fourth-order valence-electron chi connectivity index (χ4n) is 3.19. The SMILES string of the molecule is CCCCC(COC(=O)N(Cc1ccc(Cl)cc1)Cc1ccc(Cl)cc1)NC(=O)OC(C)(C)C. The highest BCUT2D eigenvalue weighted by Crippen LogP contribution is 2.17. The van der Waals surface area contributed by atoms with Crippen molar-refractivity contribution >= 4 is 35.4 Å². The first kappa shape index (κ1) is 27.8. The standard InChI is InChI=1S/C26H34Cl2N2O4/c1-5-6-7-23(29-24(31)34-26(2,3)4)18-33-25(32)30(16-19-8-12-21(27)13-9-19)17-20-10-14-22(28)15-11-20/h8-15,23H,5-7,16-18H2,1-4H3,(H,29,31). The molecule has 0 aliphatic carbocycles. The molecule has 0 fully saturated rings. The summed E-state index contributed by atoms with van der Waals surface area (Å²) in [6.45, 7) is 8.22. The number of alkyl carbamates (subject to hydrolysis) is 1. The number of rotatable bonds is 10. The Morgan fingerprint density at radius 1 is 0.941 bits per heavy atom. The van der Waals surface area contributed by atoms with E-state index in [0.717, 1.165) is 24.0 Å². The third-order valence-electron chi connectivity index (χ3n) is 4.87. The van der Waals surface area contributed by atoms with Crippen LogP contribution in [0.1, 0.15) is 58.1 Å². The number of unbranched alkanes of at least 4 members (excludes halogenated alkanes) is 1. The molecule has 2 aromatic carbocycles. The predicted octanol–water partition coefficient (Wildman–Crippen LogP) is 7.22. The van der Waals surface area contributed by atoms with E-state index in [1.54, 1.807) is 49.9 Å². The van der Waals surface area contributed by atoms with Crippen LogP contribution in [0.4, 0.5) is 9.59 Å². The number of halogens is 2. The van der Waals surface area contributed by atoms with Gasteiger partial charge in [0.1, 0.15) is 12.2 Å².